The summed E-state index contributed by atoms with van der Waals surface area (Å²) in [6.45, 7) is 1.72. The number of aryl methyl sites for hydroxylation is 1. The second-order valence-corrected chi connectivity index (χ2v) is 5.15. The Balaban J connectivity index is 2.12. The number of nitrogen functional groups attached to an aromatic ring is 1. The van der Waals surface area contributed by atoms with Crippen molar-refractivity contribution in [1.29, 1.82) is 0 Å². The Morgan fingerprint density at radius 3 is 2.52 bits per heavy atom. The van der Waals surface area contributed by atoms with Crippen LogP contribution in [0.5, 0.6) is 0 Å². The maximum Gasteiger partial charge on any atom is 0.411 e. The van der Waals surface area contributed by atoms with Crippen LogP contribution in [0.3, 0.4) is 0 Å². The molecule has 2 rings (SSSR count). The van der Waals surface area contributed by atoms with Crippen molar-refractivity contribution >= 4 is 39.8 Å². The van der Waals surface area contributed by atoms with E-state index in [4.69, 9.17) is 5.73 Å². The largest absolute Gasteiger partial charge is 0.453 e. The number of nitrogens with one attached hydrogen (secondary N) is 2. The van der Waals surface area contributed by atoms with Gasteiger partial charge in [-0.1, -0.05) is 17.4 Å². The van der Waals surface area contributed by atoms with Crippen LogP contribution < -0.4 is 16.4 Å². The number of carbonyl (C=O) groups is 2. The van der Waals surface area contributed by atoms with E-state index in [9.17, 15) is 9.59 Å². The normalized spacial score (nSPS) is 10.0. The zero-order chi connectivity index (χ0) is 15.4. The van der Waals surface area contributed by atoms with Gasteiger partial charge in [-0.3, -0.25) is 10.1 Å². The fourth-order valence-corrected chi connectivity index (χ4v) is 2.39. The van der Waals surface area contributed by atoms with E-state index in [1.54, 1.807) is 31.2 Å². The summed E-state index contributed by atoms with van der Waals surface area (Å²) >= 11 is 1.13. The molecule has 0 unspecified atom stereocenters. The molecule has 21 heavy (non-hydrogen) atoms. The third kappa shape index (κ3) is 3.69. The molecule has 0 atom stereocenters. The van der Waals surface area contributed by atoms with Crippen LogP contribution in [0, 0.1) is 6.92 Å². The monoisotopic (exact) mass is 306 g/mol. The molecule has 8 heteroatoms. The highest BCUT2D eigenvalue weighted by Gasteiger charge is 2.14. The van der Waals surface area contributed by atoms with E-state index in [0.717, 1.165) is 11.3 Å². The standard InChI is InChI=1S/C13H14N4O3S/c1-7-10(21-12(14)15-7)11(18)16-8-4-3-5-9(6-8)17-13(19)20-2/h3-6H,1-2H3,(H2,14,15)(H,16,18)(H,17,19). The number of hydrogen-bond acceptors (Lipinski definition) is 6. The Morgan fingerprint density at radius 2 is 1.95 bits per heavy atom. The Morgan fingerprint density at radius 1 is 1.29 bits per heavy atom. The van der Waals surface area contributed by atoms with Crippen molar-refractivity contribution in [1.82, 2.24) is 4.98 Å². The van der Waals surface area contributed by atoms with Gasteiger partial charge < -0.3 is 15.8 Å². The molecule has 2 aromatic rings. The number of carbonyl (C=O) groups excluding carboxylic acids is 2. The van der Waals surface area contributed by atoms with Gasteiger partial charge in [-0.2, -0.15) is 0 Å². The number of amides is 2. The first-order valence-electron chi connectivity index (χ1n) is 5.99. The SMILES string of the molecule is COC(=O)Nc1cccc(NC(=O)c2sc(N)nc2C)c1. The molecular weight excluding hydrogens is 292 g/mol. The zero-order valence-corrected chi connectivity index (χ0v) is 12.3. The smallest absolute Gasteiger partial charge is 0.411 e. The number of methoxy groups -OCH3 is 1. The van der Waals surface area contributed by atoms with E-state index in [0.29, 0.717) is 27.1 Å². The van der Waals surface area contributed by atoms with Crippen LogP contribution in [-0.4, -0.2) is 24.1 Å². The molecule has 1 aromatic heterocycles. The Kier molecular flexibility index (Phi) is 4.39. The summed E-state index contributed by atoms with van der Waals surface area (Å²) in [5, 5.41) is 5.59. The second-order valence-electron chi connectivity index (χ2n) is 4.12. The van der Waals surface area contributed by atoms with E-state index in [1.807, 2.05) is 0 Å². The Hall–Kier alpha value is -2.61. The lowest BCUT2D eigenvalue weighted by Crippen LogP contribution is -2.13. The summed E-state index contributed by atoms with van der Waals surface area (Å²) in [7, 11) is 1.28. The first kappa shape index (κ1) is 14.8. The molecule has 110 valence electrons. The minimum atomic E-state index is -0.579. The van der Waals surface area contributed by atoms with E-state index < -0.39 is 6.09 Å². The molecule has 0 saturated carbocycles. The number of nitrogens with two attached hydrogens (primary N) is 1. The van der Waals surface area contributed by atoms with Crippen molar-refractivity contribution in [3.05, 3.63) is 34.8 Å². The summed E-state index contributed by atoms with van der Waals surface area (Å²) in [6.07, 6.45) is -0.579. The highest BCUT2D eigenvalue weighted by Crippen LogP contribution is 2.22. The van der Waals surface area contributed by atoms with Gasteiger partial charge in [0.2, 0.25) is 0 Å². The maximum atomic E-state index is 12.1. The van der Waals surface area contributed by atoms with Crippen molar-refractivity contribution < 1.29 is 14.3 Å². The Bertz CT molecular complexity index is 684. The van der Waals surface area contributed by atoms with E-state index in [2.05, 4.69) is 20.4 Å². The quantitative estimate of drug-likeness (QED) is 0.807. The van der Waals surface area contributed by atoms with Crippen molar-refractivity contribution in [2.24, 2.45) is 0 Å². The molecule has 7 nitrogen and oxygen atoms in total. The van der Waals surface area contributed by atoms with Crippen molar-refractivity contribution in [2.45, 2.75) is 6.92 Å². The molecule has 1 aromatic carbocycles. The van der Waals surface area contributed by atoms with Crippen LogP contribution in [0.1, 0.15) is 15.4 Å². The Labute approximate surface area is 125 Å². The molecule has 4 N–H and O–H groups in total. The molecule has 0 bridgehead atoms. The van der Waals surface area contributed by atoms with Crippen molar-refractivity contribution in [3.63, 3.8) is 0 Å². The molecule has 0 aliphatic heterocycles. The molecule has 0 aliphatic rings. The number of hydrogen-bond donors (Lipinski definition) is 3. The predicted molar refractivity (Wildman–Crippen MR) is 81.7 cm³/mol. The van der Waals surface area contributed by atoms with Crippen LogP contribution in [0.25, 0.3) is 0 Å². The van der Waals surface area contributed by atoms with E-state index in [-0.39, 0.29) is 5.91 Å². The van der Waals surface area contributed by atoms with Gasteiger partial charge in [0.05, 0.1) is 12.8 Å². The maximum absolute atomic E-state index is 12.1. The number of ether oxygens (including phenoxy) is 1. The lowest BCUT2D eigenvalue weighted by atomic mass is 10.2. The number of nitrogens with zero attached hydrogens (tertiary/aromatic N) is 1. The number of anilines is 3. The number of thiazole rings is 1. The van der Waals surface area contributed by atoms with Crippen LogP contribution in [0.2, 0.25) is 0 Å². The van der Waals surface area contributed by atoms with Gasteiger partial charge in [0.25, 0.3) is 5.91 Å². The molecule has 0 saturated heterocycles. The zero-order valence-electron chi connectivity index (χ0n) is 11.5. The van der Waals surface area contributed by atoms with E-state index in [1.165, 1.54) is 7.11 Å². The highest BCUT2D eigenvalue weighted by atomic mass is 32.1. The highest BCUT2D eigenvalue weighted by molar-refractivity contribution is 7.17. The van der Waals surface area contributed by atoms with Gasteiger partial charge in [0, 0.05) is 11.4 Å². The minimum absolute atomic E-state index is 0.295. The van der Waals surface area contributed by atoms with Crippen molar-refractivity contribution in [2.75, 3.05) is 23.5 Å². The number of benzene rings is 1. The molecule has 0 fully saturated rings. The average Bonchev–Trinajstić information content (AvgIpc) is 2.78. The minimum Gasteiger partial charge on any atom is -0.453 e. The topological polar surface area (TPSA) is 106 Å². The van der Waals surface area contributed by atoms with Gasteiger partial charge in [0.1, 0.15) is 4.88 Å². The molecule has 0 spiro atoms. The molecule has 0 aliphatic carbocycles. The lowest BCUT2D eigenvalue weighted by molar-refractivity contribution is 0.103. The van der Waals surface area contributed by atoms with Gasteiger partial charge in [-0.05, 0) is 25.1 Å². The molecule has 1 heterocycles. The van der Waals surface area contributed by atoms with Crippen LogP contribution in [-0.2, 0) is 4.74 Å². The predicted octanol–water partition coefficient (Wildman–Crippen LogP) is 2.46. The summed E-state index contributed by atoms with van der Waals surface area (Å²) in [6, 6.07) is 6.71. The lowest BCUT2D eigenvalue weighted by Gasteiger charge is -2.07. The summed E-state index contributed by atoms with van der Waals surface area (Å²) in [4.78, 5) is 27.7. The first-order valence-corrected chi connectivity index (χ1v) is 6.80. The van der Waals surface area contributed by atoms with E-state index >= 15 is 0 Å². The van der Waals surface area contributed by atoms with Gasteiger partial charge in [-0.15, -0.1) is 0 Å². The molecule has 2 amide bonds. The first-order chi connectivity index (χ1) is 9.99. The molecular formula is C13H14N4O3S. The number of rotatable bonds is 3. The van der Waals surface area contributed by atoms with Crippen LogP contribution in [0.15, 0.2) is 24.3 Å². The third-order valence-electron chi connectivity index (χ3n) is 2.57. The summed E-state index contributed by atoms with van der Waals surface area (Å²) in [5.41, 5.74) is 7.21. The summed E-state index contributed by atoms with van der Waals surface area (Å²) < 4.78 is 4.51. The fourth-order valence-electron chi connectivity index (χ4n) is 1.66. The summed E-state index contributed by atoms with van der Waals surface area (Å²) in [5.74, 6) is -0.295. The van der Waals surface area contributed by atoms with Crippen molar-refractivity contribution in [3.8, 4) is 0 Å². The fraction of sp³-hybridized carbons (Fsp3) is 0.154. The molecule has 0 radical (unpaired) electrons. The van der Waals surface area contributed by atoms with Gasteiger partial charge in [-0.25, -0.2) is 9.78 Å². The number of aromatic nitrogens is 1. The van der Waals surface area contributed by atoms with Crippen LogP contribution in [0.4, 0.5) is 21.3 Å². The third-order valence-corrected chi connectivity index (χ3v) is 3.56. The van der Waals surface area contributed by atoms with Crippen LogP contribution >= 0.6 is 11.3 Å². The van der Waals surface area contributed by atoms with Gasteiger partial charge >= 0.3 is 6.09 Å². The average molecular weight is 306 g/mol. The second kappa shape index (κ2) is 6.23. The van der Waals surface area contributed by atoms with Gasteiger partial charge in [0.15, 0.2) is 5.13 Å².